The van der Waals surface area contributed by atoms with Crippen molar-refractivity contribution in [3.8, 4) is 0 Å². The second-order valence-corrected chi connectivity index (χ2v) is 3.63. The van der Waals surface area contributed by atoms with Gasteiger partial charge in [0.15, 0.2) is 11.6 Å². The molecule has 1 heterocycles. The number of alkyl carbamates (subject to hydrolysis) is 1. The molecule has 80 valence electrons. The standard InChI is InChI=1S/C10H9F2NO2/c1-10(5-15-9(14)13-10)6-3-2-4-7(11)8(6)12/h2-4H,5H2,1H3,(H,13,14). The highest BCUT2D eigenvalue weighted by atomic mass is 19.2. The monoisotopic (exact) mass is 213 g/mol. The lowest BCUT2D eigenvalue weighted by molar-refractivity contribution is 0.173. The first-order valence-corrected chi connectivity index (χ1v) is 4.42. The van der Waals surface area contributed by atoms with E-state index in [4.69, 9.17) is 0 Å². The molecule has 3 nitrogen and oxygen atoms in total. The van der Waals surface area contributed by atoms with Crippen LogP contribution in [0.1, 0.15) is 12.5 Å². The van der Waals surface area contributed by atoms with E-state index in [0.29, 0.717) is 0 Å². The Morgan fingerprint density at radius 3 is 2.80 bits per heavy atom. The van der Waals surface area contributed by atoms with Gasteiger partial charge in [0.05, 0.1) is 0 Å². The molecule has 1 aliphatic rings. The fourth-order valence-electron chi connectivity index (χ4n) is 1.58. The number of nitrogens with one attached hydrogen (secondary N) is 1. The summed E-state index contributed by atoms with van der Waals surface area (Å²) < 4.78 is 31.1. The van der Waals surface area contributed by atoms with Crippen molar-refractivity contribution >= 4 is 6.09 Å². The molecule has 1 saturated heterocycles. The van der Waals surface area contributed by atoms with Crippen LogP contribution in [0, 0.1) is 11.6 Å². The van der Waals surface area contributed by atoms with Crippen LogP contribution in [0.15, 0.2) is 18.2 Å². The summed E-state index contributed by atoms with van der Waals surface area (Å²) in [5.41, 5.74) is -0.906. The first kappa shape index (κ1) is 9.89. The number of cyclic esters (lactones) is 1. The van der Waals surface area contributed by atoms with Crippen LogP contribution in [-0.2, 0) is 10.3 Å². The number of benzene rings is 1. The fourth-order valence-corrected chi connectivity index (χ4v) is 1.58. The van der Waals surface area contributed by atoms with E-state index in [9.17, 15) is 13.6 Å². The summed E-state index contributed by atoms with van der Waals surface area (Å²) in [5, 5.41) is 2.45. The number of rotatable bonds is 1. The van der Waals surface area contributed by atoms with Gasteiger partial charge in [-0.05, 0) is 13.0 Å². The Hall–Kier alpha value is -1.65. The van der Waals surface area contributed by atoms with Crippen LogP contribution in [-0.4, -0.2) is 12.7 Å². The molecule has 0 saturated carbocycles. The average Bonchev–Trinajstić information content (AvgIpc) is 2.52. The van der Waals surface area contributed by atoms with Crippen LogP contribution in [0.5, 0.6) is 0 Å². The highest BCUT2D eigenvalue weighted by Gasteiger charge is 2.39. The van der Waals surface area contributed by atoms with E-state index in [1.807, 2.05) is 0 Å². The molecular formula is C10H9F2NO2. The van der Waals surface area contributed by atoms with Crippen molar-refractivity contribution in [3.05, 3.63) is 35.4 Å². The number of hydrogen-bond donors (Lipinski definition) is 1. The average molecular weight is 213 g/mol. The second kappa shape index (κ2) is 3.18. The van der Waals surface area contributed by atoms with Gasteiger partial charge in [0.2, 0.25) is 0 Å². The minimum Gasteiger partial charge on any atom is -0.447 e. The topological polar surface area (TPSA) is 38.3 Å². The number of hydrogen-bond acceptors (Lipinski definition) is 2. The smallest absolute Gasteiger partial charge is 0.408 e. The van der Waals surface area contributed by atoms with Crippen LogP contribution in [0.25, 0.3) is 0 Å². The summed E-state index contributed by atoms with van der Waals surface area (Å²) >= 11 is 0. The molecule has 1 fully saturated rings. The number of carbonyl (C=O) groups is 1. The Kier molecular flexibility index (Phi) is 2.10. The Labute approximate surface area is 85.0 Å². The van der Waals surface area contributed by atoms with Gasteiger partial charge in [-0.3, -0.25) is 0 Å². The van der Waals surface area contributed by atoms with Gasteiger partial charge in [0.1, 0.15) is 12.1 Å². The van der Waals surface area contributed by atoms with E-state index in [1.165, 1.54) is 12.1 Å². The van der Waals surface area contributed by atoms with Crippen molar-refractivity contribution in [2.75, 3.05) is 6.61 Å². The molecule has 0 spiro atoms. The molecule has 1 unspecified atom stereocenters. The fraction of sp³-hybridized carbons (Fsp3) is 0.300. The molecular weight excluding hydrogens is 204 g/mol. The third kappa shape index (κ3) is 1.54. The van der Waals surface area contributed by atoms with Crippen LogP contribution in [0.3, 0.4) is 0 Å². The molecule has 1 aromatic carbocycles. The quantitative estimate of drug-likeness (QED) is 0.773. The van der Waals surface area contributed by atoms with Gasteiger partial charge in [0.25, 0.3) is 0 Å². The summed E-state index contributed by atoms with van der Waals surface area (Å²) in [6.45, 7) is 1.57. The third-order valence-corrected chi connectivity index (χ3v) is 2.42. The summed E-state index contributed by atoms with van der Waals surface area (Å²) in [7, 11) is 0. The zero-order chi connectivity index (χ0) is 11.1. The normalized spacial score (nSPS) is 24.9. The van der Waals surface area contributed by atoms with Gasteiger partial charge < -0.3 is 10.1 Å². The molecule has 1 atom stereocenters. The molecule has 1 N–H and O–H groups in total. The summed E-state index contributed by atoms with van der Waals surface area (Å²) in [5.74, 6) is -1.89. The Bertz CT molecular complexity index is 422. The molecule has 1 aromatic rings. The third-order valence-electron chi connectivity index (χ3n) is 2.42. The van der Waals surface area contributed by atoms with E-state index in [0.717, 1.165) is 6.07 Å². The van der Waals surface area contributed by atoms with E-state index >= 15 is 0 Å². The van der Waals surface area contributed by atoms with E-state index in [1.54, 1.807) is 6.92 Å². The van der Waals surface area contributed by atoms with Crippen molar-refractivity contribution in [2.24, 2.45) is 0 Å². The molecule has 1 amide bonds. The van der Waals surface area contributed by atoms with Crippen molar-refractivity contribution in [2.45, 2.75) is 12.5 Å². The van der Waals surface area contributed by atoms with E-state index < -0.39 is 23.3 Å². The second-order valence-electron chi connectivity index (χ2n) is 3.63. The SMILES string of the molecule is CC1(c2cccc(F)c2F)COC(=O)N1. The summed E-state index contributed by atoms with van der Waals surface area (Å²) in [6.07, 6.45) is -0.624. The molecule has 0 bridgehead atoms. The lowest BCUT2D eigenvalue weighted by Crippen LogP contribution is -2.38. The van der Waals surface area contributed by atoms with Gasteiger partial charge in [-0.25, -0.2) is 13.6 Å². The van der Waals surface area contributed by atoms with Crippen molar-refractivity contribution < 1.29 is 18.3 Å². The van der Waals surface area contributed by atoms with Crippen LogP contribution in [0.2, 0.25) is 0 Å². The number of amides is 1. The Balaban J connectivity index is 2.45. The highest BCUT2D eigenvalue weighted by Crippen LogP contribution is 2.28. The lowest BCUT2D eigenvalue weighted by Gasteiger charge is -2.21. The molecule has 0 radical (unpaired) electrons. The number of ether oxygens (including phenoxy) is 1. The Morgan fingerprint density at radius 2 is 2.20 bits per heavy atom. The van der Waals surface area contributed by atoms with Crippen LogP contribution >= 0.6 is 0 Å². The van der Waals surface area contributed by atoms with E-state index in [-0.39, 0.29) is 12.2 Å². The zero-order valence-electron chi connectivity index (χ0n) is 8.01. The van der Waals surface area contributed by atoms with Crippen molar-refractivity contribution in [1.82, 2.24) is 5.32 Å². The van der Waals surface area contributed by atoms with E-state index in [2.05, 4.69) is 10.1 Å². The minimum atomic E-state index is -0.997. The van der Waals surface area contributed by atoms with Gasteiger partial charge in [-0.1, -0.05) is 12.1 Å². The zero-order valence-corrected chi connectivity index (χ0v) is 8.01. The summed E-state index contributed by atoms with van der Waals surface area (Å²) in [4.78, 5) is 10.9. The summed E-state index contributed by atoms with van der Waals surface area (Å²) in [6, 6.07) is 3.84. The lowest BCUT2D eigenvalue weighted by atomic mass is 9.93. The molecule has 5 heteroatoms. The molecule has 1 aliphatic heterocycles. The maximum absolute atomic E-state index is 13.4. The van der Waals surface area contributed by atoms with Crippen molar-refractivity contribution in [3.63, 3.8) is 0 Å². The first-order chi connectivity index (χ1) is 7.03. The number of carbonyl (C=O) groups excluding carboxylic acids is 1. The van der Waals surface area contributed by atoms with Crippen molar-refractivity contribution in [1.29, 1.82) is 0 Å². The molecule has 0 aliphatic carbocycles. The van der Waals surface area contributed by atoms with Gasteiger partial charge in [-0.2, -0.15) is 0 Å². The number of halogens is 2. The highest BCUT2D eigenvalue weighted by molar-refractivity contribution is 5.71. The minimum absolute atomic E-state index is 0.00773. The maximum Gasteiger partial charge on any atom is 0.408 e. The molecule has 2 rings (SSSR count). The van der Waals surface area contributed by atoms with Gasteiger partial charge >= 0.3 is 6.09 Å². The Morgan fingerprint density at radius 1 is 1.47 bits per heavy atom. The predicted molar refractivity (Wildman–Crippen MR) is 48.2 cm³/mol. The predicted octanol–water partition coefficient (Wildman–Crippen LogP) is 1.92. The molecule has 0 aromatic heterocycles. The van der Waals surface area contributed by atoms with Crippen LogP contribution < -0.4 is 5.32 Å². The first-order valence-electron chi connectivity index (χ1n) is 4.42. The van der Waals surface area contributed by atoms with Gasteiger partial charge in [0, 0.05) is 5.56 Å². The molecule has 15 heavy (non-hydrogen) atoms. The maximum atomic E-state index is 13.4. The largest absolute Gasteiger partial charge is 0.447 e. The van der Waals surface area contributed by atoms with Crippen LogP contribution in [0.4, 0.5) is 13.6 Å². The van der Waals surface area contributed by atoms with Gasteiger partial charge in [-0.15, -0.1) is 0 Å².